The fourth-order valence-corrected chi connectivity index (χ4v) is 7.13. The third kappa shape index (κ3) is 17.0. The van der Waals surface area contributed by atoms with E-state index in [2.05, 4.69) is 107 Å². The highest BCUT2D eigenvalue weighted by Crippen LogP contribution is 2.38. The Kier molecular flexibility index (Phi) is 21.4. The summed E-state index contributed by atoms with van der Waals surface area (Å²) in [4.78, 5) is 0. The van der Waals surface area contributed by atoms with Crippen molar-refractivity contribution in [1.29, 1.82) is 5.26 Å². The summed E-state index contributed by atoms with van der Waals surface area (Å²) in [6, 6.07) is 2.46. The predicted molar refractivity (Wildman–Crippen MR) is 216 cm³/mol. The number of nitriles is 1. The van der Waals surface area contributed by atoms with Crippen molar-refractivity contribution in [1.82, 2.24) is 0 Å². The van der Waals surface area contributed by atoms with Crippen LogP contribution in [0.4, 0.5) is 0 Å². The van der Waals surface area contributed by atoms with Crippen LogP contribution in [0.25, 0.3) is 0 Å². The highest BCUT2D eigenvalue weighted by atomic mass is 14.3. The SMILES string of the molecule is C=C(/C=C(\C=C(/CC#N)C(C)(C)CC)CCCCCC1CCCCC1)CC(=C)/C(C)=C(\C=C(/C)CCCCCC(C)CC)C(C)(C)CC. The Morgan fingerprint density at radius 2 is 1.44 bits per heavy atom. The second-order valence-corrected chi connectivity index (χ2v) is 16.9. The van der Waals surface area contributed by atoms with Crippen LogP contribution < -0.4 is 0 Å². The van der Waals surface area contributed by atoms with Gasteiger partial charge in [-0.2, -0.15) is 5.26 Å². The standard InChI is InChI=1S/C47H79N/c1-13-37(4)25-19-16-20-26-38(5)35-45(47(11,12)15-3)41(8)40(7)33-39(6)34-43(36-44(31-32-48)46(9,10)14-2)30-24-18-23-29-42-27-21-17-22-28-42/h34-37,42H,6-7,13-31,33H2,1-5,8-12H3/b38-35+,43-34-,44-36+,45-41+. The molecule has 0 bridgehead atoms. The lowest BCUT2D eigenvalue weighted by Gasteiger charge is -2.28. The van der Waals surface area contributed by atoms with Crippen LogP contribution in [-0.2, 0) is 0 Å². The molecule has 1 fully saturated rings. The number of hydrogen-bond donors (Lipinski definition) is 0. The third-order valence-electron chi connectivity index (χ3n) is 11.9. The van der Waals surface area contributed by atoms with E-state index in [-0.39, 0.29) is 10.8 Å². The van der Waals surface area contributed by atoms with E-state index in [0.29, 0.717) is 6.42 Å². The molecule has 0 aromatic carbocycles. The second-order valence-electron chi connectivity index (χ2n) is 16.9. The predicted octanol–water partition coefficient (Wildman–Crippen LogP) is 15.9. The van der Waals surface area contributed by atoms with Gasteiger partial charge in [0, 0.05) is 0 Å². The van der Waals surface area contributed by atoms with Gasteiger partial charge in [-0.1, -0.05) is 181 Å². The Labute approximate surface area is 301 Å². The van der Waals surface area contributed by atoms with Gasteiger partial charge in [0.05, 0.1) is 12.5 Å². The Hall–Kier alpha value is -2.07. The Balaban J connectivity index is 3.15. The van der Waals surface area contributed by atoms with E-state index >= 15 is 0 Å². The highest BCUT2D eigenvalue weighted by Gasteiger charge is 2.23. The van der Waals surface area contributed by atoms with Crippen LogP contribution in [0.1, 0.15) is 198 Å². The lowest BCUT2D eigenvalue weighted by atomic mass is 9.76. The van der Waals surface area contributed by atoms with Gasteiger partial charge in [0.15, 0.2) is 0 Å². The fourth-order valence-electron chi connectivity index (χ4n) is 7.13. The van der Waals surface area contributed by atoms with Gasteiger partial charge in [0.1, 0.15) is 0 Å². The van der Waals surface area contributed by atoms with Crippen molar-refractivity contribution in [3.05, 3.63) is 70.4 Å². The largest absolute Gasteiger partial charge is 0.198 e. The number of hydrogen-bond acceptors (Lipinski definition) is 1. The minimum atomic E-state index is 0.0127. The topological polar surface area (TPSA) is 23.8 Å². The van der Waals surface area contributed by atoms with E-state index in [1.807, 2.05) is 0 Å². The zero-order valence-electron chi connectivity index (χ0n) is 33.9. The van der Waals surface area contributed by atoms with Gasteiger partial charge in [0.25, 0.3) is 0 Å². The first kappa shape index (κ1) is 44.0. The molecule has 1 rings (SSSR count). The van der Waals surface area contributed by atoms with Gasteiger partial charge in [-0.25, -0.2) is 0 Å². The maximum Gasteiger partial charge on any atom is 0.0666 e. The average molecular weight is 658 g/mol. The molecule has 1 atom stereocenters. The molecular formula is C47H79N. The van der Waals surface area contributed by atoms with Crippen molar-refractivity contribution < 1.29 is 0 Å². The summed E-state index contributed by atoms with van der Waals surface area (Å²) in [6.45, 7) is 32.3. The molecule has 0 radical (unpaired) electrons. The third-order valence-corrected chi connectivity index (χ3v) is 11.9. The lowest BCUT2D eigenvalue weighted by Crippen LogP contribution is -2.15. The van der Waals surface area contributed by atoms with Crippen LogP contribution in [0.3, 0.4) is 0 Å². The summed E-state index contributed by atoms with van der Waals surface area (Å²) >= 11 is 0. The van der Waals surface area contributed by atoms with E-state index in [9.17, 15) is 5.26 Å². The van der Waals surface area contributed by atoms with Crippen LogP contribution in [0.5, 0.6) is 0 Å². The van der Waals surface area contributed by atoms with Crippen molar-refractivity contribution >= 4 is 0 Å². The first-order valence-electron chi connectivity index (χ1n) is 20.2. The lowest BCUT2D eigenvalue weighted by molar-refractivity contribution is 0.328. The molecule has 0 spiro atoms. The van der Waals surface area contributed by atoms with E-state index in [1.54, 1.807) is 0 Å². The molecule has 0 saturated heterocycles. The molecule has 1 heteroatoms. The molecule has 48 heavy (non-hydrogen) atoms. The zero-order valence-corrected chi connectivity index (χ0v) is 33.9. The normalized spacial score (nSPS) is 16.8. The van der Waals surface area contributed by atoms with E-state index < -0.39 is 0 Å². The summed E-state index contributed by atoms with van der Waals surface area (Å²) in [7, 11) is 0. The molecule has 272 valence electrons. The summed E-state index contributed by atoms with van der Waals surface area (Å²) in [5.74, 6) is 1.81. The monoisotopic (exact) mass is 658 g/mol. The summed E-state index contributed by atoms with van der Waals surface area (Å²) < 4.78 is 0. The molecule has 0 amide bonds. The minimum Gasteiger partial charge on any atom is -0.198 e. The van der Waals surface area contributed by atoms with Crippen molar-refractivity contribution in [2.75, 3.05) is 0 Å². The molecule has 0 aromatic rings. The van der Waals surface area contributed by atoms with Crippen molar-refractivity contribution in [3.8, 4) is 6.07 Å². The highest BCUT2D eigenvalue weighted by molar-refractivity contribution is 5.45. The van der Waals surface area contributed by atoms with Crippen LogP contribution in [0, 0.1) is 34.0 Å². The van der Waals surface area contributed by atoms with Crippen LogP contribution >= 0.6 is 0 Å². The van der Waals surface area contributed by atoms with Gasteiger partial charge in [-0.05, 0) is 104 Å². The van der Waals surface area contributed by atoms with E-state index in [4.69, 9.17) is 0 Å². The summed E-state index contributed by atoms with van der Waals surface area (Å²) in [5, 5.41) is 9.69. The molecule has 1 unspecified atom stereocenters. The van der Waals surface area contributed by atoms with E-state index in [1.165, 1.54) is 130 Å². The molecule has 0 heterocycles. The molecule has 0 N–H and O–H groups in total. The average Bonchev–Trinajstić information content (AvgIpc) is 3.06. The fraction of sp³-hybridized carbons (Fsp3) is 0.723. The van der Waals surface area contributed by atoms with Gasteiger partial charge in [-0.3, -0.25) is 0 Å². The summed E-state index contributed by atoms with van der Waals surface area (Å²) in [6.07, 6.45) is 31.8. The maximum absolute atomic E-state index is 9.69. The minimum absolute atomic E-state index is 0.0127. The second kappa shape index (κ2) is 23.4. The number of nitrogens with zero attached hydrogens (tertiary/aromatic N) is 1. The van der Waals surface area contributed by atoms with Gasteiger partial charge >= 0.3 is 0 Å². The van der Waals surface area contributed by atoms with Crippen molar-refractivity contribution in [2.45, 2.75) is 198 Å². The molecule has 0 aliphatic heterocycles. The first-order valence-corrected chi connectivity index (χ1v) is 20.2. The number of unbranched alkanes of at least 4 members (excludes halogenated alkanes) is 4. The number of rotatable bonds is 24. The Morgan fingerprint density at radius 3 is 2.04 bits per heavy atom. The maximum atomic E-state index is 9.69. The quantitative estimate of drug-likeness (QED) is 0.0748. The van der Waals surface area contributed by atoms with Crippen LogP contribution in [-0.4, -0.2) is 0 Å². The Bertz CT molecular complexity index is 1130. The van der Waals surface area contributed by atoms with Gasteiger partial charge in [-0.15, -0.1) is 0 Å². The molecule has 0 aromatic heterocycles. The van der Waals surface area contributed by atoms with Gasteiger partial charge < -0.3 is 0 Å². The van der Waals surface area contributed by atoms with Crippen molar-refractivity contribution in [2.24, 2.45) is 22.7 Å². The zero-order chi connectivity index (χ0) is 36.2. The Morgan fingerprint density at radius 1 is 0.812 bits per heavy atom. The first-order chi connectivity index (χ1) is 22.7. The van der Waals surface area contributed by atoms with Crippen LogP contribution in [0.2, 0.25) is 0 Å². The van der Waals surface area contributed by atoms with Gasteiger partial charge in [0.2, 0.25) is 0 Å². The molecule has 1 aliphatic rings. The van der Waals surface area contributed by atoms with Crippen molar-refractivity contribution in [3.63, 3.8) is 0 Å². The van der Waals surface area contributed by atoms with Crippen LogP contribution in [0.15, 0.2) is 70.4 Å². The molecule has 1 nitrogen and oxygen atoms in total. The smallest absolute Gasteiger partial charge is 0.0666 e. The van der Waals surface area contributed by atoms with E-state index in [0.717, 1.165) is 43.1 Å². The number of allylic oxidation sites excluding steroid dienone is 10. The molecule has 1 saturated carbocycles. The molecule has 1 aliphatic carbocycles. The molecular weight excluding hydrogens is 579 g/mol. The summed E-state index contributed by atoms with van der Waals surface area (Å²) in [5.41, 5.74) is 9.21.